The van der Waals surface area contributed by atoms with Crippen LogP contribution in [-0.4, -0.2) is 31.4 Å². The fraction of sp³-hybridized carbons (Fsp3) is 0.222. The number of carbonyl (C=O) groups is 2. The Kier molecular flexibility index (Phi) is 4.28. The fourth-order valence-corrected chi connectivity index (χ4v) is 2.55. The van der Waals surface area contributed by atoms with Crippen molar-refractivity contribution in [3.63, 3.8) is 0 Å². The quantitative estimate of drug-likeness (QED) is 0.882. The molecule has 0 atom stereocenters. The van der Waals surface area contributed by atoms with Crippen LogP contribution in [0.3, 0.4) is 0 Å². The topological polar surface area (TPSA) is 58.6 Å². The van der Waals surface area contributed by atoms with Gasteiger partial charge in [0.1, 0.15) is 12.4 Å². The van der Waals surface area contributed by atoms with Gasteiger partial charge in [-0.2, -0.15) is 0 Å². The van der Waals surface area contributed by atoms with E-state index in [0.29, 0.717) is 24.4 Å². The number of nitrogens with zero attached hydrogens (tertiary/aromatic N) is 1. The normalized spacial score (nSPS) is 13.0. The lowest BCUT2D eigenvalue weighted by Crippen LogP contribution is -2.38. The molecule has 23 heavy (non-hydrogen) atoms. The number of rotatable bonds is 4. The van der Waals surface area contributed by atoms with Gasteiger partial charge in [0.05, 0.1) is 18.8 Å². The first-order valence-electron chi connectivity index (χ1n) is 7.51. The van der Waals surface area contributed by atoms with Crippen molar-refractivity contribution in [2.75, 3.05) is 29.9 Å². The first-order valence-corrected chi connectivity index (χ1v) is 7.51. The van der Waals surface area contributed by atoms with E-state index in [9.17, 15) is 9.59 Å². The lowest BCUT2D eigenvalue weighted by molar-refractivity contribution is -0.115. The molecule has 2 aromatic rings. The highest BCUT2D eigenvalue weighted by Gasteiger charge is 2.19. The predicted molar refractivity (Wildman–Crippen MR) is 89.2 cm³/mol. The zero-order chi connectivity index (χ0) is 16.2. The molecule has 1 heterocycles. The van der Waals surface area contributed by atoms with Crippen LogP contribution >= 0.6 is 0 Å². The highest BCUT2D eigenvalue weighted by atomic mass is 16.5. The molecule has 3 rings (SSSR count). The Morgan fingerprint density at radius 1 is 1.13 bits per heavy atom. The summed E-state index contributed by atoms with van der Waals surface area (Å²) >= 11 is 0. The summed E-state index contributed by atoms with van der Waals surface area (Å²) in [5.74, 6) is 0.711. The van der Waals surface area contributed by atoms with Crippen molar-refractivity contribution in [3.8, 4) is 5.75 Å². The van der Waals surface area contributed by atoms with E-state index >= 15 is 0 Å². The number of fused-ring (bicyclic) bond motifs is 1. The van der Waals surface area contributed by atoms with Crippen molar-refractivity contribution in [2.24, 2.45) is 0 Å². The van der Waals surface area contributed by atoms with E-state index in [1.807, 2.05) is 29.2 Å². The van der Waals surface area contributed by atoms with Crippen LogP contribution in [-0.2, 0) is 4.79 Å². The number of para-hydroxylation sites is 2. The molecule has 0 fully saturated rings. The van der Waals surface area contributed by atoms with Crippen LogP contribution in [0.15, 0.2) is 48.5 Å². The van der Waals surface area contributed by atoms with Crippen LogP contribution < -0.4 is 15.0 Å². The average molecular weight is 310 g/mol. The van der Waals surface area contributed by atoms with Crippen molar-refractivity contribution < 1.29 is 14.3 Å². The summed E-state index contributed by atoms with van der Waals surface area (Å²) < 4.78 is 5.58. The van der Waals surface area contributed by atoms with Crippen LogP contribution in [0.2, 0.25) is 0 Å². The lowest BCUT2D eigenvalue weighted by atomic mass is 10.1. The van der Waals surface area contributed by atoms with Gasteiger partial charge in [-0.15, -0.1) is 0 Å². The van der Waals surface area contributed by atoms with E-state index in [0.717, 1.165) is 11.4 Å². The lowest BCUT2D eigenvalue weighted by Gasteiger charge is -2.30. The molecule has 0 saturated carbocycles. The molecule has 0 spiro atoms. The van der Waals surface area contributed by atoms with E-state index < -0.39 is 0 Å². The summed E-state index contributed by atoms with van der Waals surface area (Å²) in [7, 11) is 0. The second kappa shape index (κ2) is 6.52. The van der Waals surface area contributed by atoms with Crippen LogP contribution in [0.1, 0.15) is 17.3 Å². The molecule has 1 N–H and O–H groups in total. The smallest absolute Gasteiger partial charge is 0.243 e. The maximum absolute atomic E-state index is 12.2. The molecule has 118 valence electrons. The summed E-state index contributed by atoms with van der Waals surface area (Å²) in [4.78, 5) is 25.5. The van der Waals surface area contributed by atoms with Gasteiger partial charge in [-0.05, 0) is 43.3 Å². The van der Waals surface area contributed by atoms with Crippen LogP contribution in [0.5, 0.6) is 5.75 Å². The molecule has 1 aliphatic rings. The molecule has 0 radical (unpaired) electrons. The molecule has 0 aliphatic carbocycles. The number of hydrogen-bond donors (Lipinski definition) is 1. The van der Waals surface area contributed by atoms with Gasteiger partial charge in [0.25, 0.3) is 0 Å². The van der Waals surface area contributed by atoms with Gasteiger partial charge in [0, 0.05) is 11.3 Å². The van der Waals surface area contributed by atoms with Crippen LogP contribution in [0.4, 0.5) is 11.4 Å². The Hall–Kier alpha value is -2.82. The largest absolute Gasteiger partial charge is 0.490 e. The van der Waals surface area contributed by atoms with Gasteiger partial charge in [-0.1, -0.05) is 12.1 Å². The summed E-state index contributed by atoms with van der Waals surface area (Å²) in [6.45, 7) is 3.02. The molecule has 0 unspecified atom stereocenters. The third-order valence-corrected chi connectivity index (χ3v) is 3.73. The minimum absolute atomic E-state index is 0.00722. The minimum atomic E-state index is -0.0997. The first-order chi connectivity index (χ1) is 11.1. The number of benzene rings is 2. The Balaban J connectivity index is 1.65. The number of carbonyl (C=O) groups excluding carboxylic acids is 2. The summed E-state index contributed by atoms with van der Waals surface area (Å²) in [5.41, 5.74) is 2.24. The number of amides is 1. The molecular formula is C18H18N2O3. The van der Waals surface area contributed by atoms with Crippen molar-refractivity contribution in [1.82, 2.24) is 0 Å². The minimum Gasteiger partial charge on any atom is -0.490 e. The predicted octanol–water partition coefficient (Wildman–Crippen LogP) is 2.73. The van der Waals surface area contributed by atoms with E-state index in [2.05, 4.69) is 5.32 Å². The fourth-order valence-electron chi connectivity index (χ4n) is 2.55. The standard InChI is InChI=1S/C18H18N2O3/c1-13(21)14-6-8-15(9-7-14)19-18(22)12-20-10-11-23-17-5-3-2-4-16(17)20/h2-9H,10-12H2,1H3,(H,19,22). The zero-order valence-corrected chi connectivity index (χ0v) is 12.9. The van der Waals surface area contributed by atoms with Crippen LogP contribution in [0.25, 0.3) is 0 Å². The third-order valence-electron chi connectivity index (χ3n) is 3.73. The maximum Gasteiger partial charge on any atom is 0.243 e. The van der Waals surface area contributed by atoms with Gasteiger partial charge < -0.3 is 15.0 Å². The van der Waals surface area contributed by atoms with Gasteiger partial charge in [-0.25, -0.2) is 0 Å². The number of ketones is 1. The first kappa shape index (κ1) is 15.1. The summed E-state index contributed by atoms with van der Waals surface area (Å²) in [6.07, 6.45) is 0. The summed E-state index contributed by atoms with van der Waals surface area (Å²) in [5, 5.41) is 2.85. The summed E-state index contributed by atoms with van der Waals surface area (Å²) in [6, 6.07) is 14.6. The highest BCUT2D eigenvalue weighted by Crippen LogP contribution is 2.30. The second-order valence-corrected chi connectivity index (χ2v) is 5.42. The monoisotopic (exact) mass is 310 g/mol. The molecule has 0 saturated heterocycles. The zero-order valence-electron chi connectivity index (χ0n) is 12.9. The van der Waals surface area contributed by atoms with Gasteiger partial charge >= 0.3 is 0 Å². The van der Waals surface area contributed by atoms with E-state index in [4.69, 9.17) is 4.74 Å². The van der Waals surface area contributed by atoms with Crippen molar-refractivity contribution in [3.05, 3.63) is 54.1 Å². The average Bonchev–Trinajstić information content (AvgIpc) is 2.55. The Bertz CT molecular complexity index is 725. The van der Waals surface area contributed by atoms with Crippen LogP contribution in [0, 0.1) is 0 Å². The van der Waals surface area contributed by atoms with Gasteiger partial charge in [-0.3, -0.25) is 9.59 Å². The molecule has 1 amide bonds. The second-order valence-electron chi connectivity index (χ2n) is 5.42. The Morgan fingerprint density at radius 3 is 2.61 bits per heavy atom. The van der Waals surface area contributed by atoms with E-state index in [1.165, 1.54) is 6.92 Å². The number of nitrogens with one attached hydrogen (secondary N) is 1. The molecule has 0 bridgehead atoms. The van der Waals surface area contributed by atoms with Crippen molar-refractivity contribution >= 4 is 23.1 Å². The molecule has 0 aromatic heterocycles. The van der Waals surface area contributed by atoms with E-state index in [-0.39, 0.29) is 18.2 Å². The molecule has 2 aromatic carbocycles. The number of Topliss-reactive ketones (excluding diaryl/α,β-unsaturated/α-hetero) is 1. The van der Waals surface area contributed by atoms with Gasteiger partial charge in [0.15, 0.2) is 5.78 Å². The van der Waals surface area contributed by atoms with E-state index in [1.54, 1.807) is 24.3 Å². The molecular weight excluding hydrogens is 292 g/mol. The Morgan fingerprint density at radius 2 is 1.87 bits per heavy atom. The number of anilines is 2. The van der Waals surface area contributed by atoms with Gasteiger partial charge in [0.2, 0.25) is 5.91 Å². The number of hydrogen-bond acceptors (Lipinski definition) is 4. The molecule has 5 nitrogen and oxygen atoms in total. The molecule has 1 aliphatic heterocycles. The highest BCUT2D eigenvalue weighted by molar-refractivity contribution is 5.96. The number of ether oxygens (including phenoxy) is 1. The molecule has 5 heteroatoms. The maximum atomic E-state index is 12.2. The van der Waals surface area contributed by atoms with Crippen molar-refractivity contribution in [2.45, 2.75) is 6.92 Å². The third kappa shape index (κ3) is 3.51. The SMILES string of the molecule is CC(=O)c1ccc(NC(=O)CN2CCOc3ccccc32)cc1. The Labute approximate surface area is 134 Å². The van der Waals surface area contributed by atoms with Crippen molar-refractivity contribution in [1.29, 1.82) is 0 Å².